The summed E-state index contributed by atoms with van der Waals surface area (Å²) in [5, 5.41) is 13.9. The van der Waals surface area contributed by atoms with E-state index >= 15 is 0 Å². The lowest BCUT2D eigenvalue weighted by molar-refractivity contribution is 0.539. The molecule has 3 atom stereocenters. The van der Waals surface area contributed by atoms with Crippen molar-refractivity contribution < 1.29 is 4.21 Å². The highest BCUT2D eigenvalue weighted by Gasteiger charge is 2.12. The summed E-state index contributed by atoms with van der Waals surface area (Å²) in [5.74, 6) is 1.34. The third-order valence-electron chi connectivity index (χ3n) is 7.07. The van der Waals surface area contributed by atoms with Crippen LogP contribution in [-0.4, -0.2) is 28.8 Å². The maximum absolute atomic E-state index is 12.1. The minimum atomic E-state index is -1.04. The monoisotopic (exact) mass is 644 g/mol. The highest BCUT2D eigenvalue weighted by molar-refractivity contribution is 7.98. The molecule has 3 unspecified atom stereocenters. The lowest BCUT2D eigenvalue weighted by Crippen LogP contribution is -2.18. The van der Waals surface area contributed by atoms with E-state index in [1.54, 1.807) is 18.0 Å². The van der Waals surface area contributed by atoms with E-state index in [4.69, 9.17) is 0 Å². The topological polar surface area (TPSA) is 65.2 Å². The number of benzene rings is 4. The minimum absolute atomic E-state index is 0.352. The fourth-order valence-corrected chi connectivity index (χ4v) is 6.61. The first kappa shape index (κ1) is 36.1. The quantitative estimate of drug-likeness (QED) is 0.102. The average Bonchev–Trinajstić information content (AvgIpc) is 2.99. The van der Waals surface area contributed by atoms with Gasteiger partial charge in [0.2, 0.25) is 0 Å². The molecular weight excluding hydrogens is 593 g/mol. The van der Waals surface area contributed by atoms with E-state index in [1.807, 2.05) is 66.7 Å². The van der Waals surface area contributed by atoms with Gasteiger partial charge in [-0.15, -0.1) is 11.8 Å². The zero-order chi connectivity index (χ0) is 32.8. The number of anilines is 6. The van der Waals surface area contributed by atoms with E-state index in [2.05, 4.69) is 99.4 Å². The van der Waals surface area contributed by atoms with Crippen molar-refractivity contribution in [3.05, 3.63) is 97.1 Å². The summed E-state index contributed by atoms with van der Waals surface area (Å²) in [6, 6.07) is 33.6. The van der Waals surface area contributed by atoms with Gasteiger partial charge in [0.25, 0.3) is 0 Å². The number of nitrogens with one attached hydrogen (secondary N) is 4. The second-order valence-corrected chi connectivity index (χ2v) is 14.6. The van der Waals surface area contributed by atoms with Crippen molar-refractivity contribution in [1.29, 1.82) is 0 Å². The van der Waals surface area contributed by atoms with Crippen molar-refractivity contribution in [3.8, 4) is 0 Å². The molecule has 45 heavy (non-hydrogen) atoms. The van der Waals surface area contributed by atoms with Gasteiger partial charge in [-0.1, -0.05) is 64.1 Å². The first-order chi connectivity index (χ1) is 21.5. The van der Waals surface area contributed by atoms with Gasteiger partial charge >= 0.3 is 0 Å². The Labute approximate surface area is 278 Å². The van der Waals surface area contributed by atoms with Gasteiger partial charge in [-0.25, -0.2) is 0 Å². The summed E-state index contributed by atoms with van der Waals surface area (Å²) in [4.78, 5) is 2.11. The van der Waals surface area contributed by atoms with Crippen molar-refractivity contribution >= 4 is 56.7 Å². The van der Waals surface area contributed by atoms with Crippen molar-refractivity contribution in [1.82, 2.24) is 0 Å². The molecular formula is C38H52N4OS2. The molecule has 5 nitrogen and oxygen atoms in total. The molecule has 4 rings (SSSR count). The van der Waals surface area contributed by atoms with Gasteiger partial charge in [0.15, 0.2) is 0 Å². The number of hydrogen-bond donors (Lipinski definition) is 4. The van der Waals surface area contributed by atoms with Gasteiger partial charge in [-0.05, 0) is 105 Å². The van der Waals surface area contributed by atoms with Crippen molar-refractivity contribution in [2.75, 3.05) is 33.8 Å². The summed E-state index contributed by atoms with van der Waals surface area (Å²) >= 11 is 1.78. The van der Waals surface area contributed by atoms with E-state index < -0.39 is 10.8 Å². The molecule has 7 heteroatoms. The standard InChI is InChI=1S/C19H26N2OS.C19H26N2S/c1-14(2)12-15(3)20-18-11-10-17(13-19(18)23(4)22)21-16-8-6-5-7-9-16;1-14(2)12-15(3)20-18-11-10-17(13-19(18)22-4)21-16-8-6-5-7-9-16/h5-11,13-15,20-21H,12H2,1-4H3;5-11,13-15,20-21H,12H2,1-4H3. The number of hydrogen-bond acceptors (Lipinski definition) is 6. The van der Waals surface area contributed by atoms with Crippen LogP contribution < -0.4 is 21.3 Å². The average molecular weight is 645 g/mol. The molecule has 0 saturated heterocycles. The predicted octanol–water partition coefficient (Wildman–Crippen LogP) is 11.0. The Hall–Kier alpha value is -3.42. The van der Waals surface area contributed by atoms with Crippen LogP contribution in [0.3, 0.4) is 0 Å². The molecule has 0 heterocycles. The molecule has 4 aromatic carbocycles. The van der Waals surface area contributed by atoms with E-state index in [0.29, 0.717) is 23.9 Å². The molecule has 0 spiro atoms. The lowest BCUT2D eigenvalue weighted by Gasteiger charge is -2.20. The third kappa shape index (κ3) is 12.8. The van der Waals surface area contributed by atoms with Crippen LogP contribution in [0.5, 0.6) is 0 Å². The van der Waals surface area contributed by atoms with Crippen LogP contribution in [0.2, 0.25) is 0 Å². The molecule has 0 amide bonds. The maximum Gasteiger partial charge on any atom is 0.0637 e. The van der Waals surface area contributed by atoms with Crippen LogP contribution in [0.15, 0.2) is 107 Å². The van der Waals surface area contributed by atoms with Gasteiger partial charge < -0.3 is 21.3 Å². The van der Waals surface area contributed by atoms with Crippen molar-refractivity contribution in [2.45, 2.75) is 76.3 Å². The Morgan fingerprint density at radius 1 is 0.600 bits per heavy atom. The van der Waals surface area contributed by atoms with Crippen LogP contribution in [0.4, 0.5) is 34.1 Å². The summed E-state index contributed by atoms with van der Waals surface area (Å²) < 4.78 is 12.1. The van der Waals surface area contributed by atoms with E-state index in [9.17, 15) is 4.21 Å². The van der Waals surface area contributed by atoms with Crippen molar-refractivity contribution in [2.24, 2.45) is 11.8 Å². The molecule has 0 bridgehead atoms. The Bertz CT molecular complexity index is 1460. The molecule has 0 aromatic heterocycles. The highest BCUT2D eigenvalue weighted by atomic mass is 32.2. The molecule has 0 fully saturated rings. The van der Waals surface area contributed by atoms with Crippen LogP contribution >= 0.6 is 11.8 Å². The molecule has 0 aliphatic rings. The molecule has 4 aromatic rings. The Morgan fingerprint density at radius 2 is 1.04 bits per heavy atom. The van der Waals surface area contributed by atoms with Gasteiger partial charge in [0.1, 0.15) is 0 Å². The van der Waals surface area contributed by atoms with Gasteiger partial charge in [-0.3, -0.25) is 4.21 Å². The van der Waals surface area contributed by atoms with Crippen LogP contribution in [-0.2, 0) is 10.8 Å². The second kappa shape index (κ2) is 18.5. The largest absolute Gasteiger partial charge is 0.382 e. The fourth-order valence-electron chi connectivity index (χ4n) is 5.28. The van der Waals surface area contributed by atoms with E-state index in [1.165, 1.54) is 17.0 Å². The van der Waals surface area contributed by atoms with E-state index in [-0.39, 0.29) is 0 Å². The van der Waals surface area contributed by atoms with Crippen LogP contribution in [0.25, 0.3) is 0 Å². The summed E-state index contributed by atoms with van der Waals surface area (Å²) in [6.07, 6.45) is 6.11. The Balaban J connectivity index is 0.000000246. The van der Waals surface area contributed by atoms with E-state index in [0.717, 1.165) is 39.8 Å². The molecule has 242 valence electrons. The summed E-state index contributed by atoms with van der Waals surface area (Å²) in [7, 11) is -1.04. The SMILES string of the molecule is CC(C)CC(C)Nc1ccc(Nc2ccccc2)cc1S(C)=O.CSc1cc(Nc2ccccc2)ccc1NC(C)CC(C)C. The lowest BCUT2D eigenvalue weighted by atomic mass is 10.1. The molecule has 0 saturated carbocycles. The molecule has 0 radical (unpaired) electrons. The fraction of sp³-hybridized carbons (Fsp3) is 0.368. The summed E-state index contributed by atoms with van der Waals surface area (Å²) in [6.45, 7) is 13.4. The second-order valence-electron chi connectivity index (χ2n) is 12.4. The highest BCUT2D eigenvalue weighted by Crippen LogP contribution is 2.31. The number of para-hydroxylation sites is 2. The van der Waals surface area contributed by atoms with Gasteiger partial charge in [-0.2, -0.15) is 0 Å². The first-order valence-electron chi connectivity index (χ1n) is 15.9. The Kier molecular flexibility index (Phi) is 14.8. The number of rotatable bonds is 14. The first-order valence-corrected chi connectivity index (χ1v) is 18.6. The van der Waals surface area contributed by atoms with Crippen LogP contribution in [0.1, 0.15) is 54.4 Å². The molecule has 0 aliphatic carbocycles. The third-order valence-corrected chi connectivity index (χ3v) is 8.81. The maximum atomic E-state index is 12.1. The predicted molar refractivity (Wildman–Crippen MR) is 202 cm³/mol. The van der Waals surface area contributed by atoms with Gasteiger partial charge in [0, 0.05) is 51.7 Å². The normalized spacial score (nSPS) is 12.9. The minimum Gasteiger partial charge on any atom is -0.382 e. The number of thioether (sulfide) groups is 1. The van der Waals surface area contributed by atoms with Crippen LogP contribution in [0, 0.1) is 11.8 Å². The zero-order valence-electron chi connectivity index (χ0n) is 28.2. The summed E-state index contributed by atoms with van der Waals surface area (Å²) in [5.41, 5.74) is 6.38. The van der Waals surface area contributed by atoms with Gasteiger partial charge in [0.05, 0.1) is 21.4 Å². The smallest absolute Gasteiger partial charge is 0.0637 e. The molecule has 0 aliphatic heterocycles. The Morgan fingerprint density at radius 3 is 1.49 bits per heavy atom. The molecule has 4 N–H and O–H groups in total. The zero-order valence-corrected chi connectivity index (χ0v) is 29.8. The van der Waals surface area contributed by atoms with Crippen molar-refractivity contribution in [3.63, 3.8) is 0 Å².